The summed E-state index contributed by atoms with van der Waals surface area (Å²) in [5.74, 6) is 0. The first-order chi connectivity index (χ1) is 10.3. The van der Waals surface area contributed by atoms with E-state index in [0.717, 1.165) is 52.2 Å². The highest BCUT2D eigenvalue weighted by Crippen LogP contribution is 2.31. The molecule has 1 fully saturated rings. The van der Waals surface area contributed by atoms with Crippen molar-refractivity contribution in [3.8, 4) is 0 Å². The molecule has 0 saturated carbocycles. The molecule has 1 heterocycles. The van der Waals surface area contributed by atoms with Crippen molar-refractivity contribution >= 4 is 0 Å². The van der Waals surface area contributed by atoms with E-state index in [9.17, 15) is 5.11 Å². The van der Waals surface area contributed by atoms with E-state index in [1.54, 1.807) is 0 Å². The van der Waals surface area contributed by atoms with Crippen LogP contribution in [0.1, 0.15) is 18.4 Å². The van der Waals surface area contributed by atoms with E-state index in [1.807, 2.05) is 13.1 Å². The Morgan fingerprint density at radius 3 is 2.57 bits per heavy atom. The molecule has 0 radical (unpaired) electrons. The van der Waals surface area contributed by atoms with E-state index in [4.69, 9.17) is 4.74 Å². The van der Waals surface area contributed by atoms with Crippen molar-refractivity contribution in [1.29, 1.82) is 0 Å². The zero-order valence-corrected chi connectivity index (χ0v) is 13.1. The number of rotatable bonds is 8. The molecular weight excluding hydrogens is 264 g/mol. The fourth-order valence-electron chi connectivity index (χ4n) is 3.24. The van der Waals surface area contributed by atoms with Crippen LogP contribution in [0, 0.1) is 5.41 Å². The van der Waals surface area contributed by atoms with Crippen LogP contribution in [0.25, 0.3) is 0 Å². The number of benzene rings is 1. The first kappa shape index (κ1) is 16.4. The van der Waals surface area contributed by atoms with Crippen LogP contribution >= 0.6 is 0 Å². The van der Waals surface area contributed by atoms with Gasteiger partial charge in [-0.25, -0.2) is 0 Å². The summed E-state index contributed by atoms with van der Waals surface area (Å²) < 4.78 is 5.54. The average molecular weight is 292 g/mol. The number of ether oxygens (including phenoxy) is 1. The van der Waals surface area contributed by atoms with Gasteiger partial charge in [-0.15, -0.1) is 0 Å². The molecule has 2 rings (SSSR count). The van der Waals surface area contributed by atoms with Gasteiger partial charge in [0.25, 0.3) is 0 Å². The standard InChI is InChI=1S/C17H28N2O2/c1-18-14-17(7-11-21-12-8-17)15-19(9-10-20)13-16-5-3-2-4-6-16/h2-6,18,20H,7-15H2,1H3. The topological polar surface area (TPSA) is 44.7 Å². The number of hydrogen-bond acceptors (Lipinski definition) is 4. The Bertz CT molecular complexity index is 386. The minimum absolute atomic E-state index is 0.207. The van der Waals surface area contributed by atoms with Gasteiger partial charge >= 0.3 is 0 Å². The van der Waals surface area contributed by atoms with E-state index in [0.29, 0.717) is 0 Å². The van der Waals surface area contributed by atoms with Gasteiger partial charge in [-0.05, 0) is 30.9 Å². The number of aliphatic hydroxyl groups excluding tert-OH is 1. The Labute approximate surface area is 128 Å². The molecule has 1 saturated heterocycles. The second kappa shape index (κ2) is 8.49. The molecule has 0 unspecified atom stereocenters. The molecule has 4 heteroatoms. The summed E-state index contributed by atoms with van der Waals surface area (Å²) in [6.45, 7) is 5.54. The quantitative estimate of drug-likeness (QED) is 0.762. The van der Waals surface area contributed by atoms with Gasteiger partial charge < -0.3 is 15.2 Å². The maximum Gasteiger partial charge on any atom is 0.0558 e. The van der Waals surface area contributed by atoms with Crippen molar-refractivity contribution in [1.82, 2.24) is 10.2 Å². The lowest BCUT2D eigenvalue weighted by molar-refractivity contribution is -0.00711. The van der Waals surface area contributed by atoms with E-state index in [-0.39, 0.29) is 12.0 Å². The predicted molar refractivity (Wildman–Crippen MR) is 85.2 cm³/mol. The Morgan fingerprint density at radius 1 is 1.24 bits per heavy atom. The highest BCUT2D eigenvalue weighted by molar-refractivity contribution is 5.14. The van der Waals surface area contributed by atoms with E-state index in [2.05, 4.69) is 34.5 Å². The van der Waals surface area contributed by atoms with Crippen LogP contribution in [-0.2, 0) is 11.3 Å². The third-order valence-electron chi connectivity index (χ3n) is 4.33. The van der Waals surface area contributed by atoms with E-state index < -0.39 is 0 Å². The largest absolute Gasteiger partial charge is 0.395 e. The van der Waals surface area contributed by atoms with Crippen molar-refractivity contribution in [2.45, 2.75) is 19.4 Å². The molecule has 0 atom stereocenters. The monoisotopic (exact) mass is 292 g/mol. The van der Waals surface area contributed by atoms with Gasteiger partial charge in [0, 0.05) is 39.4 Å². The number of hydrogen-bond donors (Lipinski definition) is 2. The van der Waals surface area contributed by atoms with Crippen molar-refractivity contribution in [3.63, 3.8) is 0 Å². The smallest absolute Gasteiger partial charge is 0.0558 e. The summed E-state index contributed by atoms with van der Waals surface area (Å²) in [7, 11) is 2.02. The molecule has 4 nitrogen and oxygen atoms in total. The molecule has 0 spiro atoms. The third-order valence-corrected chi connectivity index (χ3v) is 4.33. The van der Waals surface area contributed by atoms with Crippen LogP contribution in [0.3, 0.4) is 0 Å². The van der Waals surface area contributed by atoms with Crippen LogP contribution in [-0.4, -0.2) is 56.5 Å². The molecule has 0 amide bonds. The van der Waals surface area contributed by atoms with Crippen molar-refractivity contribution in [2.75, 3.05) is 46.5 Å². The summed E-state index contributed by atoms with van der Waals surface area (Å²) >= 11 is 0. The van der Waals surface area contributed by atoms with Crippen LogP contribution in [0.4, 0.5) is 0 Å². The molecule has 2 N–H and O–H groups in total. The summed E-state index contributed by atoms with van der Waals surface area (Å²) in [6.07, 6.45) is 2.18. The lowest BCUT2D eigenvalue weighted by Crippen LogP contribution is -2.47. The molecule has 0 bridgehead atoms. The molecule has 1 aliphatic rings. The number of aliphatic hydroxyl groups is 1. The summed E-state index contributed by atoms with van der Waals surface area (Å²) in [5, 5.41) is 12.7. The Morgan fingerprint density at radius 2 is 1.95 bits per heavy atom. The summed E-state index contributed by atoms with van der Waals surface area (Å²) in [4.78, 5) is 2.37. The second-order valence-electron chi connectivity index (χ2n) is 6.06. The van der Waals surface area contributed by atoms with Crippen LogP contribution in [0.2, 0.25) is 0 Å². The average Bonchev–Trinajstić information content (AvgIpc) is 2.49. The highest BCUT2D eigenvalue weighted by Gasteiger charge is 2.33. The van der Waals surface area contributed by atoms with Gasteiger partial charge in [0.05, 0.1) is 6.61 Å². The van der Waals surface area contributed by atoms with Crippen LogP contribution < -0.4 is 5.32 Å². The lowest BCUT2D eigenvalue weighted by Gasteiger charge is -2.41. The Balaban J connectivity index is 2.02. The zero-order valence-electron chi connectivity index (χ0n) is 13.1. The van der Waals surface area contributed by atoms with Gasteiger partial charge in [0.1, 0.15) is 0 Å². The molecule has 118 valence electrons. The predicted octanol–water partition coefficient (Wildman–Crippen LogP) is 1.50. The third kappa shape index (κ3) is 5.08. The minimum atomic E-state index is 0.207. The lowest BCUT2D eigenvalue weighted by atomic mass is 9.79. The molecule has 1 aromatic carbocycles. The first-order valence-electron chi connectivity index (χ1n) is 7.87. The van der Waals surface area contributed by atoms with Gasteiger partial charge in [0.2, 0.25) is 0 Å². The first-order valence-corrected chi connectivity index (χ1v) is 7.87. The fourth-order valence-corrected chi connectivity index (χ4v) is 3.24. The Kier molecular flexibility index (Phi) is 6.64. The van der Waals surface area contributed by atoms with Crippen LogP contribution in [0.5, 0.6) is 0 Å². The van der Waals surface area contributed by atoms with Crippen LogP contribution in [0.15, 0.2) is 30.3 Å². The molecule has 1 aromatic rings. The SMILES string of the molecule is CNCC1(CN(CCO)Cc2ccccc2)CCOCC1. The summed E-state index contributed by atoms with van der Waals surface area (Å²) in [5.41, 5.74) is 1.56. The second-order valence-corrected chi connectivity index (χ2v) is 6.06. The number of nitrogens with one attached hydrogen (secondary N) is 1. The molecular formula is C17H28N2O2. The van der Waals surface area contributed by atoms with Crippen molar-refractivity contribution in [2.24, 2.45) is 5.41 Å². The molecule has 0 aliphatic carbocycles. The highest BCUT2D eigenvalue weighted by atomic mass is 16.5. The van der Waals surface area contributed by atoms with Crippen molar-refractivity contribution < 1.29 is 9.84 Å². The maximum atomic E-state index is 9.38. The van der Waals surface area contributed by atoms with Gasteiger partial charge in [0.15, 0.2) is 0 Å². The normalized spacial score (nSPS) is 18.0. The van der Waals surface area contributed by atoms with E-state index in [1.165, 1.54) is 5.56 Å². The van der Waals surface area contributed by atoms with E-state index >= 15 is 0 Å². The van der Waals surface area contributed by atoms with Gasteiger partial charge in [-0.1, -0.05) is 30.3 Å². The zero-order chi connectivity index (χ0) is 15.0. The molecule has 21 heavy (non-hydrogen) atoms. The maximum absolute atomic E-state index is 9.38. The Hall–Kier alpha value is -0.940. The van der Waals surface area contributed by atoms with Crippen molar-refractivity contribution in [3.05, 3.63) is 35.9 Å². The minimum Gasteiger partial charge on any atom is -0.395 e. The fraction of sp³-hybridized carbons (Fsp3) is 0.647. The number of nitrogens with zero attached hydrogens (tertiary/aromatic N) is 1. The molecule has 1 aliphatic heterocycles. The van der Waals surface area contributed by atoms with Gasteiger partial charge in [-0.3, -0.25) is 4.90 Å². The van der Waals surface area contributed by atoms with Gasteiger partial charge in [-0.2, -0.15) is 0 Å². The molecule has 0 aromatic heterocycles. The summed E-state index contributed by atoms with van der Waals surface area (Å²) in [6, 6.07) is 10.5.